The molecule has 0 spiro atoms. The third-order valence-corrected chi connectivity index (χ3v) is 3.89. The predicted octanol–water partition coefficient (Wildman–Crippen LogP) is 1.92. The van der Waals surface area contributed by atoms with E-state index in [1.165, 1.54) is 18.2 Å². The van der Waals surface area contributed by atoms with Gasteiger partial charge in [-0.25, -0.2) is 4.39 Å². The number of nitrogens with one attached hydrogen (secondary N) is 2. The Labute approximate surface area is 139 Å². The lowest BCUT2D eigenvalue weighted by molar-refractivity contribution is 0.0287. The lowest BCUT2D eigenvalue weighted by Crippen LogP contribution is -2.45. The monoisotopic (exact) mass is 330 g/mol. The second kappa shape index (κ2) is 7.42. The second-order valence-corrected chi connectivity index (χ2v) is 5.65. The van der Waals surface area contributed by atoms with E-state index in [1.807, 2.05) is 0 Å². The second-order valence-electron chi connectivity index (χ2n) is 5.65. The van der Waals surface area contributed by atoms with Crippen molar-refractivity contribution in [3.05, 3.63) is 53.8 Å². The van der Waals surface area contributed by atoms with Crippen molar-refractivity contribution in [3.63, 3.8) is 0 Å². The van der Waals surface area contributed by atoms with Crippen LogP contribution in [-0.2, 0) is 4.74 Å². The van der Waals surface area contributed by atoms with E-state index in [-0.39, 0.29) is 17.8 Å². The van der Waals surface area contributed by atoms with Crippen LogP contribution in [0.2, 0.25) is 0 Å². The number of hydrogen-bond donors (Lipinski definition) is 3. The van der Waals surface area contributed by atoms with Gasteiger partial charge in [0, 0.05) is 30.8 Å². The Morgan fingerprint density at radius 2 is 2.21 bits per heavy atom. The number of benzene rings is 2. The Kier molecular flexibility index (Phi) is 5.08. The van der Waals surface area contributed by atoms with Gasteiger partial charge in [-0.3, -0.25) is 4.79 Å². The molecule has 1 atom stereocenters. The minimum Gasteiger partial charge on any atom is -0.507 e. The molecule has 3 N–H and O–H groups in total. The third-order valence-electron chi connectivity index (χ3n) is 3.89. The Hall–Kier alpha value is -2.44. The van der Waals surface area contributed by atoms with Crippen LogP contribution in [0.3, 0.4) is 0 Å². The average Bonchev–Trinajstić information content (AvgIpc) is 2.62. The highest BCUT2D eigenvalue weighted by molar-refractivity contribution is 5.95. The molecule has 1 aliphatic heterocycles. The standard InChI is InChI=1S/C18H19FN2O3/c19-14-4-5-17(22)16(9-14)12-2-1-3-13(8-12)18(23)21-11-15-10-20-6-7-24-15/h1-5,8-9,15,20,22H,6-7,10-11H2,(H,21,23)/t15-/m0/s1. The molecule has 3 rings (SSSR count). The summed E-state index contributed by atoms with van der Waals surface area (Å²) in [6, 6.07) is 10.5. The van der Waals surface area contributed by atoms with Gasteiger partial charge in [-0.15, -0.1) is 0 Å². The topological polar surface area (TPSA) is 70.6 Å². The molecule has 2 aromatic rings. The van der Waals surface area contributed by atoms with Gasteiger partial charge in [-0.2, -0.15) is 0 Å². The van der Waals surface area contributed by atoms with Gasteiger partial charge in [0.05, 0.1) is 12.7 Å². The molecule has 5 nitrogen and oxygen atoms in total. The van der Waals surface area contributed by atoms with Crippen LogP contribution in [0.1, 0.15) is 10.4 Å². The van der Waals surface area contributed by atoms with E-state index in [2.05, 4.69) is 10.6 Å². The maximum absolute atomic E-state index is 13.4. The summed E-state index contributed by atoms with van der Waals surface area (Å²) in [6.45, 7) is 2.58. The van der Waals surface area contributed by atoms with Crippen LogP contribution in [0.15, 0.2) is 42.5 Å². The van der Waals surface area contributed by atoms with Gasteiger partial charge in [0.2, 0.25) is 0 Å². The zero-order valence-electron chi connectivity index (χ0n) is 13.1. The van der Waals surface area contributed by atoms with Crippen LogP contribution in [-0.4, -0.2) is 43.4 Å². The maximum Gasteiger partial charge on any atom is 0.251 e. The molecule has 0 aromatic heterocycles. The quantitative estimate of drug-likeness (QED) is 0.801. The minimum absolute atomic E-state index is 0.0318. The van der Waals surface area contributed by atoms with E-state index < -0.39 is 5.82 Å². The predicted molar refractivity (Wildman–Crippen MR) is 88.4 cm³/mol. The number of carbonyl (C=O) groups is 1. The molecule has 1 amide bonds. The first-order valence-corrected chi connectivity index (χ1v) is 7.83. The lowest BCUT2D eigenvalue weighted by atomic mass is 10.0. The zero-order valence-corrected chi connectivity index (χ0v) is 13.1. The first-order valence-electron chi connectivity index (χ1n) is 7.83. The molecule has 1 heterocycles. The molecule has 126 valence electrons. The normalized spacial score (nSPS) is 17.5. The molecule has 0 saturated carbocycles. The van der Waals surface area contributed by atoms with Crippen molar-refractivity contribution in [3.8, 4) is 16.9 Å². The fourth-order valence-electron chi connectivity index (χ4n) is 2.63. The Bertz CT molecular complexity index is 730. The summed E-state index contributed by atoms with van der Waals surface area (Å²) in [6.07, 6.45) is -0.0434. The van der Waals surface area contributed by atoms with Crippen molar-refractivity contribution >= 4 is 5.91 Å². The average molecular weight is 330 g/mol. The van der Waals surface area contributed by atoms with Crippen LogP contribution >= 0.6 is 0 Å². The Morgan fingerprint density at radius 3 is 3.00 bits per heavy atom. The van der Waals surface area contributed by atoms with Gasteiger partial charge in [0.1, 0.15) is 11.6 Å². The highest BCUT2D eigenvalue weighted by atomic mass is 19.1. The van der Waals surface area contributed by atoms with Crippen molar-refractivity contribution in [1.29, 1.82) is 0 Å². The van der Waals surface area contributed by atoms with E-state index in [9.17, 15) is 14.3 Å². The Balaban J connectivity index is 1.72. The number of halogens is 1. The zero-order chi connectivity index (χ0) is 16.9. The van der Waals surface area contributed by atoms with Crippen molar-refractivity contribution in [2.24, 2.45) is 0 Å². The summed E-state index contributed by atoms with van der Waals surface area (Å²) in [5.74, 6) is -0.711. The number of morpholine rings is 1. The van der Waals surface area contributed by atoms with Crippen LogP contribution in [0.25, 0.3) is 11.1 Å². The van der Waals surface area contributed by atoms with Crippen molar-refractivity contribution in [2.45, 2.75) is 6.10 Å². The summed E-state index contributed by atoms with van der Waals surface area (Å²) in [5, 5.41) is 15.9. The van der Waals surface area contributed by atoms with Crippen LogP contribution in [0.5, 0.6) is 5.75 Å². The summed E-state index contributed by atoms with van der Waals surface area (Å²) >= 11 is 0. The molecule has 0 bridgehead atoms. The van der Waals surface area contributed by atoms with Crippen molar-refractivity contribution < 1.29 is 19.0 Å². The number of rotatable bonds is 4. The van der Waals surface area contributed by atoms with Gasteiger partial charge in [0.25, 0.3) is 5.91 Å². The number of phenolic OH excluding ortho intramolecular Hbond substituents is 1. The first-order chi connectivity index (χ1) is 11.6. The SMILES string of the molecule is O=C(NC[C@@H]1CNCCO1)c1cccc(-c2cc(F)ccc2O)c1. The summed E-state index contributed by atoms with van der Waals surface area (Å²) in [5.41, 5.74) is 1.37. The Morgan fingerprint density at radius 1 is 1.33 bits per heavy atom. The van der Waals surface area contributed by atoms with Gasteiger partial charge < -0.3 is 20.5 Å². The van der Waals surface area contributed by atoms with Crippen molar-refractivity contribution in [1.82, 2.24) is 10.6 Å². The molecule has 1 fully saturated rings. The number of carbonyl (C=O) groups excluding carboxylic acids is 1. The number of amides is 1. The molecule has 0 radical (unpaired) electrons. The van der Waals surface area contributed by atoms with Crippen LogP contribution < -0.4 is 10.6 Å². The van der Waals surface area contributed by atoms with E-state index >= 15 is 0 Å². The third kappa shape index (κ3) is 3.90. The first kappa shape index (κ1) is 16.4. The number of hydrogen-bond acceptors (Lipinski definition) is 4. The van der Waals surface area contributed by atoms with Gasteiger partial charge in [-0.1, -0.05) is 12.1 Å². The minimum atomic E-state index is -0.445. The van der Waals surface area contributed by atoms with Crippen LogP contribution in [0.4, 0.5) is 4.39 Å². The summed E-state index contributed by atoms with van der Waals surface area (Å²) in [4.78, 5) is 12.3. The van der Waals surface area contributed by atoms with E-state index in [4.69, 9.17) is 4.74 Å². The summed E-state index contributed by atoms with van der Waals surface area (Å²) in [7, 11) is 0. The maximum atomic E-state index is 13.4. The van der Waals surface area contributed by atoms with Gasteiger partial charge >= 0.3 is 0 Å². The lowest BCUT2D eigenvalue weighted by Gasteiger charge is -2.23. The molecular weight excluding hydrogens is 311 g/mol. The molecule has 0 aliphatic carbocycles. The largest absolute Gasteiger partial charge is 0.507 e. The van der Waals surface area contributed by atoms with Crippen molar-refractivity contribution in [2.75, 3.05) is 26.2 Å². The summed E-state index contributed by atoms with van der Waals surface area (Å²) < 4.78 is 18.9. The molecule has 24 heavy (non-hydrogen) atoms. The highest BCUT2D eigenvalue weighted by Crippen LogP contribution is 2.30. The smallest absolute Gasteiger partial charge is 0.251 e. The van der Waals surface area contributed by atoms with Gasteiger partial charge in [0.15, 0.2) is 0 Å². The molecule has 2 aromatic carbocycles. The van der Waals surface area contributed by atoms with E-state index in [1.54, 1.807) is 24.3 Å². The van der Waals surface area contributed by atoms with E-state index in [0.717, 1.165) is 6.54 Å². The molecule has 6 heteroatoms. The molecule has 1 aliphatic rings. The number of ether oxygens (including phenoxy) is 1. The van der Waals surface area contributed by atoms with Crippen LogP contribution in [0, 0.1) is 5.82 Å². The molecule has 0 unspecified atom stereocenters. The fourth-order valence-corrected chi connectivity index (χ4v) is 2.63. The number of aromatic hydroxyl groups is 1. The molecular formula is C18H19FN2O3. The fraction of sp³-hybridized carbons (Fsp3) is 0.278. The van der Waals surface area contributed by atoms with Gasteiger partial charge in [-0.05, 0) is 35.9 Å². The van der Waals surface area contributed by atoms with E-state index in [0.29, 0.717) is 36.4 Å². The highest BCUT2D eigenvalue weighted by Gasteiger charge is 2.15. The number of phenols is 1. The molecule has 1 saturated heterocycles.